The standard InChI is InChI=1S/C22H29N5O5S/c1-15(24)19-8-6-17(7-9-19)11-25-21(29)12-26-22(30)20(13-28)27-33(31,32)14-18-4-2-16(10-23)3-5-18/h2-9,20,27-28H,1,10-14,23-24H2,(H,25,29)(H,26,30)/t20-/m1/s1. The van der Waals surface area contributed by atoms with Crippen LogP contribution in [0.3, 0.4) is 0 Å². The Kier molecular flexibility index (Phi) is 9.55. The fourth-order valence-electron chi connectivity index (χ4n) is 2.81. The van der Waals surface area contributed by atoms with Gasteiger partial charge in [-0.25, -0.2) is 13.1 Å². The van der Waals surface area contributed by atoms with Crippen molar-refractivity contribution in [1.29, 1.82) is 0 Å². The third-order valence-electron chi connectivity index (χ3n) is 4.67. The molecule has 0 aliphatic carbocycles. The lowest BCUT2D eigenvalue weighted by Crippen LogP contribution is -2.50. The van der Waals surface area contributed by atoms with E-state index in [2.05, 4.69) is 21.9 Å². The Bertz CT molecular complexity index is 1070. The van der Waals surface area contributed by atoms with E-state index < -0.39 is 34.5 Å². The van der Waals surface area contributed by atoms with Gasteiger partial charge in [0.1, 0.15) is 6.04 Å². The van der Waals surface area contributed by atoms with Crippen LogP contribution in [0.4, 0.5) is 0 Å². The number of benzene rings is 2. The van der Waals surface area contributed by atoms with E-state index in [1.54, 1.807) is 48.5 Å². The number of nitrogens with one attached hydrogen (secondary N) is 3. The second kappa shape index (κ2) is 12.1. The minimum absolute atomic E-state index is 0.227. The molecule has 33 heavy (non-hydrogen) atoms. The van der Waals surface area contributed by atoms with Crippen LogP contribution in [0, 0.1) is 0 Å². The molecule has 0 aliphatic rings. The van der Waals surface area contributed by atoms with E-state index in [0.717, 1.165) is 16.7 Å². The summed E-state index contributed by atoms with van der Waals surface area (Å²) in [5.41, 5.74) is 14.5. The van der Waals surface area contributed by atoms with E-state index in [1.807, 2.05) is 0 Å². The third-order valence-corrected chi connectivity index (χ3v) is 6.03. The van der Waals surface area contributed by atoms with Crippen molar-refractivity contribution >= 4 is 27.5 Å². The molecule has 0 saturated carbocycles. The molecular formula is C22H29N5O5S. The van der Waals surface area contributed by atoms with Crippen molar-refractivity contribution in [1.82, 2.24) is 15.4 Å². The number of sulfonamides is 1. The maximum Gasteiger partial charge on any atom is 0.240 e. The van der Waals surface area contributed by atoms with Gasteiger partial charge in [0.2, 0.25) is 21.8 Å². The van der Waals surface area contributed by atoms with E-state index in [-0.39, 0.29) is 18.8 Å². The van der Waals surface area contributed by atoms with Crippen LogP contribution in [0.2, 0.25) is 0 Å². The van der Waals surface area contributed by atoms with Crippen LogP contribution in [-0.2, 0) is 38.5 Å². The summed E-state index contributed by atoms with van der Waals surface area (Å²) >= 11 is 0. The molecule has 1 atom stereocenters. The molecule has 10 nitrogen and oxygen atoms in total. The fourth-order valence-corrected chi connectivity index (χ4v) is 4.14. The van der Waals surface area contributed by atoms with Crippen molar-refractivity contribution in [2.24, 2.45) is 11.5 Å². The Labute approximate surface area is 193 Å². The second-order valence-corrected chi connectivity index (χ2v) is 9.10. The van der Waals surface area contributed by atoms with Crippen LogP contribution in [0.15, 0.2) is 55.1 Å². The van der Waals surface area contributed by atoms with E-state index in [1.165, 1.54) is 0 Å². The first kappa shape index (κ1) is 26.0. The molecule has 2 aromatic carbocycles. The quantitative estimate of drug-likeness (QED) is 0.235. The molecule has 0 aromatic heterocycles. The largest absolute Gasteiger partial charge is 0.399 e. The predicted octanol–water partition coefficient (Wildman–Crippen LogP) is -0.712. The summed E-state index contributed by atoms with van der Waals surface area (Å²) in [5.74, 6) is -1.67. The van der Waals surface area contributed by atoms with Crippen LogP contribution in [-0.4, -0.2) is 44.5 Å². The third kappa shape index (κ3) is 8.66. The lowest BCUT2D eigenvalue weighted by Gasteiger charge is -2.16. The Morgan fingerprint density at radius 2 is 1.55 bits per heavy atom. The molecular weight excluding hydrogens is 446 g/mol. The zero-order chi connectivity index (χ0) is 24.4. The number of hydrogen-bond acceptors (Lipinski definition) is 7. The van der Waals surface area contributed by atoms with Gasteiger partial charge in [0, 0.05) is 18.8 Å². The van der Waals surface area contributed by atoms with E-state index in [9.17, 15) is 23.1 Å². The van der Waals surface area contributed by atoms with Crippen LogP contribution in [0.5, 0.6) is 0 Å². The highest BCUT2D eigenvalue weighted by molar-refractivity contribution is 7.88. The molecule has 2 amide bonds. The first-order valence-corrected chi connectivity index (χ1v) is 11.8. The average Bonchev–Trinajstić information content (AvgIpc) is 2.80. The van der Waals surface area contributed by atoms with Gasteiger partial charge in [-0.05, 0) is 22.3 Å². The predicted molar refractivity (Wildman–Crippen MR) is 125 cm³/mol. The van der Waals surface area contributed by atoms with Gasteiger partial charge in [-0.2, -0.15) is 0 Å². The monoisotopic (exact) mass is 475 g/mol. The van der Waals surface area contributed by atoms with Gasteiger partial charge < -0.3 is 27.2 Å². The van der Waals surface area contributed by atoms with Crippen molar-refractivity contribution in [3.8, 4) is 0 Å². The first-order chi connectivity index (χ1) is 15.6. The zero-order valence-electron chi connectivity index (χ0n) is 18.1. The van der Waals surface area contributed by atoms with Crippen LogP contribution in [0.25, 0.3) is 5.70 Å². The summed E-state index contributed by atoms with van der Waals surface area (Å²) in [6, 6.07) is 12.4. The normalized spacial score (nSPS) is 12.1. The molecule has 0 unspecified atom stereocenters. The highest BCUT2D eigenvalue weighted by atomic mass is 32.2. The maximum absolute atomic E-state index is 12.4. The molecule has 0 heterocycles. The number of amides is 2. The molecule has 0 saturated heterocycles. The molecule has 0 bridgehead atoms. The molecule has 2 aromatic rings. The van der Waals surface area contributed by atoms with Crippen LogP contribution < -0.4 is 26.8 Å². The Hall–Kier alpha value is -3.25. The first-order valence-electron chi connectivity index (χ1n) is 10.1. The van der Waals surface area contributed by atoms with E-state index in [4.69, 9.17) is 11.5 Å². The average molecular weight is 476 g/mol. The zero-order valence-corrected chi connectivity index (χ0v) is 18.9. The molecule has 0 fully saturated rings. The van der Waals surface area contributed by atoms with Gasteiger partial charge in [-0.3, -0.25) is 9.59 Å². The summed E-state index contributed by atoms with van der Waals surface area (Å²) in [6.07, 6.45) is 0. The Morgan fingerprint density at radius 3 is 2.09 bits per heavy atom. The molecule has 2 rings (SSSR count). The fraction of sp³-hybridized carbons (Fsp3) is 0.273. The van der Waals surface area contributed by atoms with Crippen molar-refractivity contribution in [3.63, 3.8) is 0 Å². The molecule has 0 radical (unpaired) electrons. The lowest BCUT2D eigenvalue weighted by atomic mass is 10.1. The molecule has 178 valence electrons. The van der Waals surface area contributed by atoms with Gasteiger partial charge in [-0.1, -0.05) is 55.1 Å². The van der Waals surface area contributed by atoms with Gasteiger partial charge in [0.25, 0.3) is 0 Å². The van der Waals surface area contributed by atoms with E-state index in [0.29, 0.717) is 17.8 Å². The molecule has 11 heteroatoms. The number of nitrogens with two attached hydrogens (primary N) is 2. The summed E-state index contributed by atoms with van der Waals surface area (Å²) in [4.78, 5) is 24.3. The number of carbonyl (C=O) groups is 2. The maximum atomic E-state index is 12.4. The lowest BCUT2D eigenvalue weighted by molar-refractivity contribution is -0.127. The van der Waals surface area contributed by atoms with Crippen molar-refractivity contribution in [2.45, 2.75) is 24.9 Å². The topological polar surface area (TPSA) is 177 Å². The Balaban J connectivity index is 1.82. The number of carbonyl (C=O) groups excluding carboxylic acids is 2. The number of hydrogen-bond donors (Lipinski definition) is 6. The van der Waals surface area contributed by atoms with Gasteiger partial charge in [0.15, 0.2) is 0 Å². The number of aliphatic hydroxyl groups excluding tert-OH is 1. The van der Waals surface area contributed by atoms with Gasteiger partial charge >= 0.3 is 0 Å². The second-order valence-electron chi connectivity index (χ2n) is 7.35. The summed E-state index contributed by atoms with van der Waals surface area (Å²) in [6.45, 7) is 3.06. The molecule has 8 N–H and O–H groups in total. The summed E-state index contributed by atoms with van der Waals surface area (Å²) in [7, 11) is -3.92. The van der Waals surface area contributed by atoms with Crippen molar-refractivity contribution < 1.29 is 23.1 Å². The smallest absolute Gasteiger partial charge is 0.240 e. The van der Waals surface area contributed by atoms with E-state index >= 15 is 0 Å². The molecule has 0 spiro atoms. The van der Waals surface area contributed by atoms with Crippen molar-refractivity contribution in [2.75, 3.05) is 13.2 Å². The minimum atomic E-state index is -3.92. The minimum Gasteiger partial charge on any atom is -0.399 e. The summed E-state index contributed by atoms with van der Waals surface area (Å²) < 4.78 is 26.9. The molecule has 0 aliphatic heterocycles. The van der Waals surface area contributed by atoms with Crippen LogP contribution >= 0.6 is 0 Å². The van der Waals surface area contributed by atoms with Gasteiger partial charge in [0.05, 0.1) is 18.9 Å². The number of rotatable bonds is 12. The Morgan fingerprint density at radius 1 is 0.970 bits per heavy atom. The highest BCUT2D eigenvalue weighted by Gasteiger charge is 2.24. The number of aliphatic hydroxyl groups is 1. The van der Waals surface area contributed by atoms with Gasteiger partial charge in [-0.15, -0.1) is 0 Å². The van der Waals surface area contributed by atoms with Crippen molar-refractivity contribution in [3.05, 3.63) is 77.4 Å². The highest BCUT2D eigenvalue weighted by Crippen LogP contribution is 2.09. The van der Waals surface area contributed by atoms with Crippen LogP contribution in [0.1, 0.15) is 22.3 Å². The summed E-state index contributed by atoms with van der Waals surface area (Å²) in [5, 5.41) is 14.4. The SMILES string of the molecule is C=C(N)c1ccc(CNC(=O)CNC(=O)[C@@H](CO)NS(=O)(=O)Cc2ccc(CN)cc2)cc1.